The zero-order valence-corrected chi connectivity index (χ0v) is 44.3. The van der Waals surface area contributed by atoms with Crippen molar-refractivity contribution < 1.29 is 62.3 Å². The third kappa shape index (κ3) is 15.5. The first kappa shape index (κ1) is 57.0. The molecule has 0 spiro atoms. The van der Waals surface area contributed by atoms with E-state index in [-0.39, 0.29) is 88.7 Å². The van der Waals surface area contributed by atoms with Crippen molar-refractivity contribution in [3.63, 3.8) is 0 Å². The Hall–Kier alpha value is -6.68. The number of aliphatic hydroxyl groups excluding tert-OH is 1. The summed E-state index contributed by atoms with van der Waals surface area (Å²) in [6.07, 6.45) is 0.695. The molecule has 0 saturated carbocycles. The normalized spacial score (nSPS) is 15.9. The predicted molar refractivity (Wildman–Crippen MR) is 280 cm³/mol. The number of nitrogens with one attached hydrogen (secondary N) is 3. The number of likely N-dealkylation sites (tertiary alicyclic amines) is 1. The number of phenols is 1. The van der Waals surface area contributed by atoms with Gasteiger partial charge in [-0.05, 0) is 53.3 Å². The van der Waals surface area contributed by atoms with E-state index in [9.17, 15) is 38.6 Å². The molecule has 3 aromatic carbocycles. The summed E-state index contributed by atoms with van der Waals surface area (Å²) in [6, 6.07) is 13.0. The second-order valence-corrected chi connectivity index (χ2v) is 20.6. The van der Waals surface area contributed by atoms with Crippen LogP contribution in [0.2, 0.25) is 0 Å². The van der Waals surface area contributed by atoms with Crippen molar-refractivity contribution in [1.29, 1.82) is 0 Å². The summed E-state index contributed by atoms with van der Waals surface area (Å²) in [6.45, 7) is 9.41. The number of nitrogens with zero attached hydrogens (tertiary/aromatic N) is 4. The molecule has 2 aliphatic heterocycles. The number of phenolic OH excluding ortho intramolecular Hbond substituents is 1. The molecule has 22 heteroatoms. The third-order valence-corrected chi connectivity index (χ3v) is 14.0. The van der Waals surface area contributed by atoms with Crippen molar-refractivity contribution in [3.05, 3.63) is 117 Å². The van der Waals surface area contributed by atoms with Crippen molar-refractivity contribution in [2.45, 2.75) is 71.4 Å². The molecule has 1 unspecified atom stereocenters. The lowest BCUT2D eigenvalue weighted by Crippen LogP contribution is -2.58. The van der Waals surface area contributed by atoms with E-state index >= 15 is 0 Å². The van der Waals surface area contributed by atoms with Crippen LogP contribution in [0.15, 0.2) is 77.8 Å². The van der Waals surface area contributed by atoms with Crippen LogP contribution in [-0.2, 0) is 56.0 Å². The van der Waals surface area contributed by atoms with E-state index in [0.717, 1.165) is 39.9 Å². The Bertz CT molecular complexity index is 2850. The van der Waals surface area contributed by atoms with Gasteiger partial charge in [-0.3, -0.25) is 29.3 Å². The number of anilines is 1. The molecule has 5 aromatic rings. The van der Waals surface area contributed by atoms with Crippen molar-refractivity contribution >= 4 is 57.3 Å². The Kier molecular flexibility index (Phi) is 20.6. The molecule has 2 aromatic heterocycles. The van der Waals surface area contributed by atoms with Gasteiger partial charge in [0.05, 0.1) is 80.6 Å². The molecule has 0 bridgehead atoms. The highest BCUT2D eigenvalue weighted by Gasteiger charge is 2.45. The van der Waals surface area contributed by atoms with Crippen molar-refractivity contribution in [2.24, 2.45) is 5.41 Å². The number of aryl methyl sites for hydroxylation is 1. The van der Waals surface area contributed by atoms with E-state index in [4.69, 9.17) is 23.7 Å². The maximum absolute atomic E-state index is 14.4. The molecule has 76 heavy (non-hydrogen) atoms. The number of carbonyl (C=O) groups excluding carboxylic acids is 5. The number of hydrogen-bond acceptors (Lipinski definition) is 16. The van der Waals surface area contributed by atoms with E-state index in [0.29, 0.717) is 36.5 Å². The molecule has 4 atom stereocenters. The quantitative estimate of drug-likeness (QED) is 0.0382. The van der Waals surface area contributed by atoms with Crippen LogP contribution in [0.5, 0.6) is 5.75 Å². The number of aromatic nitrogens is 2. The average Bonchev–Trinajstić information content (AvgIpc) is 4.23. The standard InChI is InChI=1S/C54H62FN7O12S2/c1-34-47(76-33-58-34)37-12-10-35(11-13-37)29-57-49(66)42-28-40(63)31-61(42)52(69)48(54(2,3)4)59-44(65)32-74-25-24-73-23-22-72-21-20-71-19-18-70-17-6-9-36-7-5-8-38-30-62(51(68)45(36)38)46(41-27-39(55)14-15-43(41)64)50(67)60-53-56-16-26-75-53/h5,7-8,10-16,26-27,33,40,42,46,48,63-64H,17-25,28-32H2,1-4H3,(H,57,66)(H,59,65)(H,56,60,67)/t40-,42+,46?,48-/m1/s1. The van der Waals surface area contributed by atoms with E-state index in [2.05, 4.69) is 37.8 Å². The largest absolute Gasteiger partial charge is 0.508 e. The second kappa shape index (κ2) is 27.4. The Morgan fingerprint density at radius 3 is 2.26 bits per heavy atom. The summed E-state index contributed by atoms with van der Waals surface area (Å²) >= 11 is 2.74. The first-order valence-electron chi connectivity index (χ1n) is 24.6. The highest BCUT2D eigenvalue weighted by molar-refractivity contribution is 7.14. The average molecular weight is 1080 g/mol. The van der Waals surface area contributed by atoms with Crippen molar-refractivity contribution in [1.82, 2.24) is 30.4 Å². The summed E-state index contributed by atoms with van der Waals surface area (Å²) in [5.74, 6) is 2.34. The highest BCUT2D eigenvalue weighted by atomic mass is 32.1. The molecule has 404 valence electrons. The number of amides is 5. The summed E-state index contributed by atoms with van der Waals surface area (Å²) in [5.41, 5.74) is 5.23. The summed E-state index contributed by atoms with van der Waals surface area (Å²) in [5, 5.41) is 31.5. The highest BCUT2D eigenvalue weighted by Crippen LogP contribution is 2.38. The molecule has 5 N–H and O–H groups in total. The fourth-order valence-corrected chi connectivity index (χ4v) is 9.87. The molecule has 1 saturated heterocycles. The SMILES string of the molecule is Cc1ncsc1-c1ccc(CNC(=O)[C@@H]2C[C@@H](O)CN2C(=O)[C@@H](NC(=O)COCCOCCOCCOCCOCC#Cc2cccc3c2C(=O)N(C(C(=O)Nc2nccs2)c2cc(F)ccc2O)C3)C(C)(C)C)cc1. The molecule has 0 radical (unpaired) electrons. The smallest absolute Gasteiger partial charge is 0.256 e. The van der Waals surface area contributed by atoms with Gasteiger partial charge in [0.2, 0.25) is 17.7 Å². The third-order valence-electron chi connectivity index (χ3n) is 12.3. The van der Waals surface area contributed by atoms with Crippen LogP contribution in [0.25, 0.3) is 10.4 Å². The van der Waals surface area contributed by atoms with Crippen LogP contribution in [0.3, 0.4) is 0 Å². The summed E-state index contributed by atoms with van der Waals surface area (Å²) in [7, 11) is 0. The number of benzene rings is 3. The molecule has 19 nitrogen and oxygen atoms in total. The molecular weight excluding hydrogens is 1020 g/mol. The lowest BCUT2D eigenvalue weighted by atomic mass is 9.85. The zero-order valence-electron chi connectivity index (χ0n) is 42.7. The van der Waals surface area contributed by atoms with E-state index < -0.39 is 65.0 Å². The number of carbonyl (C=O) groups is 5. The van der Waals surface area contributed by atoms with Crippen LogP contribution >= 0.6 is 22.7 Å². The number of rotatable bonds is 25. The van der Waals surface area contributed by atoms with Crippen LogP contribution < -0.4 is 16.0 Å². The molecular formula is C54H62FN7O12S2. The van der Waals surface area contributed by atoms with Gasteiger partial charge in [0.25, 0.3) is 11.8 Å². The van der Waals surface area contributed by atoms with Gasteiger partial charge >= 0.3 is 0 Å². The molecule has 1 fully saturated rings. The minimum absolute atomic E-state index is 0.0239. The van der Waals surface area contributed by atoms with Gasteiger partial charge in [-0.25, -0.2) is 14.4 Å². The topological polar surface area (TPSA) is 240 Å². The minimum Gasteiger partial charge on any atom is -0.508 e. The second-order valence-electron chi connectivity index (χ2n) is 18.9. The molecule has 0 aliphatic carbocycles. The van der Waals surface area contributed by atoms with Gasteiger partial charge < -0.3 is 54.3 Å². The van der Waals surface area contributed by atoms with Gasteiger partial charge in [-0.2, -0.15) is 0 Å². The lowest BCUT2D eigenvalue weighted by Gasteiger charge is -2.35. The number of aromatic hydroxyl groups is 1. The maximum Gasteiger partial charge on any atom is 0.256 e. The van der Waals surface area contributed by atoms with Crippen molar-refractivity contribution in [2.75, 3.05) is 77.9 Å². The van der Waals surface area contributed by atoms with Gasteiger partial charge in [-0.15, -0.1) is 22.7 Å². The van der Waals surface area contributed by atoms with Gasteiger partial charge in [0.15, 0.2) is 5.13 Å². The first-order chi connectivity index (χ1) is 36.6. The predicted octanol–water partition coefficient (Wildman–Crippen LogP) is 5.00. The number of thiazole rings is 2. The molecule has 5 amide bonds. The number of ether oxygens (including phenoxy) is 5. The van der Waals surface area contributed by atoms with Gasteiger partial charge in [0, 0.05) is 48.8 Å². The number of β-amino-alcohol motifs (C(OH)–C–C–N with tert-alkyl or cyclic N) is 1. The van der Waals surface area contributed by atoms with Gasteiger partial charge in [0.1, 0.15) is 42.9 Å². The van der Waals surface area contributed by atoms with Crippen molar-refractivity contribution in [3.8, 4) is 28.0 Å². The molecule has 7 rings (SSSR count). The number of aliphatic hydroxyl groups is 1. The van der Waals surface area contributed by atoms with E-state index in [1.54, 1.807) is 40.4 Å². The van der Waals surface area contributed by atoms with Crippen LogP contribution in [0.1, 0.15) is 71.5 Å². The summed E-state index contributed by atoms with van der Waals surface area (Å²) < 4.78 is 42.2. The Balaban J connectivity index is 0.736. The first-order valence-corrected chi connectivity index (χ1v) is 26.4. The van der Waals surface area contributed by atoms with Crippen LogP contribution in [0, 0.1) is 30.0 Å². The van der Waals surface area contributed by atoms with Crippen LogP contribution in [-0.4, -0.2) is 150 Å². The van der Waals surface area contributed by atoms with Crippen LogP contribution in [0.4, 0.5) is 9.52 Å². The van der Waals surface area contributed by atoms with Gasteiger partial charge in [-0.1, -0.05) is 69.0 Å². The number of fused-ring (bicyclic) bond motifs is 1. The number of hydrogen-bond donors (Lipinski definition) is 5. The maximum atomic E-state index is 14.4. The fraction of sp³-hybridized carbons (Fsp3) is 0.426. The fourth-order valence-electron chi connectivity index (χ4n) is 8.53. The Labute approximate surface area is 448 Å². The van der Waals surface area contributed by atoms with E-state index in [1.165, 1.54) is 27.3 Å². The van der Waals surface area contributed by atoms with E-state index in [1.807, 2.05) is 52.0 Å². The zero-order chi connectivity index (χ0) is 54.2. The Morgan fingerprint density at radius 2 is 1.61 bits per heavy atom. The minimum atomic E-state index is -1.36. The molecule has 4 heterocycles. The summed E-state index contributed by atoms with van der Waals surface area (Å²) in [4.78, 5) is 79.9. The number of halogens is 1. The Morgan fingerprint density at radius 1 is 0.908 bits per heavy atom. The monoisotopic (exact) mass is 1080 g/mol. The molecule has 2 aliphatic rings. The lowest BCUT2D eigenvalue weighted by molar-refractivity contribution is -0.144.